The second-order valence-electron chi connectivity index (χ2n) is 4.19. The molecule has 6 heteroatoms. The fourth-order valence-corrected chi connectivity index (χ4v) is 2.21. The molecule has 1 aromatic heterocycles. The number of rotatable bonds is 4. The highest BCUT2D eigenvalue weighted by Crippen LogP contribution is 2.18. The van der Waals surface area contributed by atoms with Crippen LogP contribution in [0.3, 0.4) is 0 Å². The summed E-state index contributed by atoms with van der Waals surface area (Å²) in [4.78, 5) is 4.35. The van der Waals surface area contributed by atoms with Crippen molar-refractivity contribution < 1.29 is 8.42 Å². The fraction of sp³-hybridized carbons (Fsp3) is 0.154. The van der Waals surface area contributed by atoms with E-state index in [0.29, 0.717) is 0 Å². The molecular formula is C13H15N3O2S. The molecule has 0 amide bonds. The molecule has 0 spiro atoms. The van der Waals surface area contributed by atoms with Gasteiger partial charge in [0.15, 0.2) is 0 Å². The van der Waals surface area contributed by atoms with Crippen LogP contribution in [0.1, 0.15) is 18.7 Å². The summed E-state index contributed by atoms with van der Waals surface area (Å²) in [7, 11) is -3.64. The van der Waals surface area contributed by atoms with Gasteiger partial charge >= 0.3 is 0 Å². The summed E-state index contributed by atoms with van der Waals surface area (Å²) in [6.07, 6.45) is 1.73. The number of benzene rings is 1. The van der Waals surface area contributed by atoms with Gasteiger partial charge in [0.25, 0.3) is 0 Å². The fourth-order valence-electron chi connectivity index (χ4n) is 1.70. The van der Waals surface area contributed by atoms with Crippen molar-refractivity contribution in [3.63, 3.8) is 0 Å². The Labute approximate surface area is 112 Å². The molecule has 1 heterocycles. The van der Waals surface area contributed by atoms with Gasteiger partial charge < -0.3 is 5.32 Å². The first kappa shape index (κ1) is 13.5. The average Bonchev–Trinajstić information content (AvgIpc) is 2.39. The van der Waals surface area contributed by atoms with Gasteiger partial charge in [0.2, 0.25) is 10.0 Å². The number of hydrogen-bond acceptors (Lipinski definition) is 4. The molecule has 0 fully saturated rings. The molecule has 1 unspecified atom stereocenters. The molecule has 0 bridgehead atoms. The summed E-state index contributed by atoms with van der Waals surface area (Å²) in [5, 5.41) is 8.28. The maximum atomic E-state index is 11.1. The van der Waals surface area contributed by atoms with E-state index in [-0.39, 0.29) is 10.9 Å². The van der Waals surface area contributed by atoms with Crippen molar-refractivity contribution in [2.45, 2.75) is 17.9 Å². The molecule has 100 valence electrons. The molecule has 5 nitrogen and oxygen atoms in total. The van der Waals surface area contributed by atoms with E-state index < -0.39 is 10.0 Å². The third-order valence-electron chi connectivity index (χ3n) is 2.70. The Kier molecular flexibility index (Phi) is 3.82. The molecule has 1 atom stereocenters. The standard InChI is InChI=1S/C13H15N3O2S/c1-10(13-4-2-3-9-15-13)16-11-5-7-12(8-6-11)19(14,17)18/h2-10,16H,1H3,(H2,14,17,18). The maximum absolute atomic E-state index is 11.1. The molecule has 0 radical (unpaired) electrons. The van der Waals surface area contributed by atoms with Gasteiger partial charge in [-0.25, -0.2) is 13.6 Å². The molecule has 2 aromatic rings. The Morgan fingerprint density at radius 3 is 2.37 bits per heavy atom. The maximum Gasteiger partial charge on any atom is 0.238 e. The van der Waals surface area contributed by atoms with Crippen LogP contribution in [0, 0.1) is 0 Å². The Hall–Kier alpha value is -1.92. The smallest absolute Gasteiger partial charge is 0.238 e. The van der Waals surface area contributed by atoms with E-state index in [0.717, 1.165) is 11.4 Å². The Balaban J connectivity index is 2.12. The third kappa shape index (κ3) is 3.52. The minimum absolute atomic E-state index is 0.0292. The second-order valence-corrected chi connectivity index (χ2v) is 5.75. The first-order chi connectivity index (χ1) is 8.97. The highest BCUT2D eigenvalue weighted by Gasteiger charge is 2.09. The minimum atomic E-state index is -3.64. The van der Waals surface area contributed by atoms with Crippen LogP contribution in [0.5, 0.6) is 0 Å². The van der Waals surface area contributed by atoms with E-state index in [1.54, 1.807) is 18.3 Å². The zero-order chi connectivity index (χ0) is 13.9. The number of aromatic nitrogens is 1. The lowest BCUT2D eigenvalue weighted by atomic mass is 10.2. The monoisotopic (exact) mass is 277 g/mol. The molecular weight excluding hydrogens is 262 g/mol. The number of nitrogens with zero attached hydrogens (tertiary/aromatic N) is 1. The van der Waals surface area contributed by atoms with Gasteiger partial charge in [-0.3, -0.25) is 4.98 Å². The lowest BCUT2D eigenvalue weighted by Gasteiger charge is -2.14. The molecule has 0 saturated carbocycles. The van der Waals surface area contributed by atoms with Gasteiger partial charge in [0, 0.05) is 11.9 Å². The first-order valence-electron chi connectivity index (χ1n) is 5.77. The molecule has 3 N–H and O–H groups in total. The van der Waals surface area contributed by atoms with Gasteiger partial charge in [0.1, 0.15) is 0 Å². The number of hydrogen-bond donors (Lipinski definition) is 2. The van der Waals surface area contributed by atoms with E-state index in [9.17, 15) is 8.42 Å². The molecule has 0 aliphatic carbocycles. The number of nitrogens with one attached hydrogen (secondary N) is 1. The first-order valence-corrected chi connectivity index (χ1v) is 7.32. The SMILES string of the molecule is CC(Nc1ccc(S(N)(=O)=O)cc1)c1ccccn1. The van der Waals surface area contributed by atoms with E-state index in [2.05, 4.69) is 10.3 Å². The lowest BCUT2D eigenvalue weighted by Crippen LogP contribution is -2.12. The minimum Gasteiger partial charge on any atom is -0.377 e. The Morgan fingerprint density at radius 1 is 1.16 bits per heavy atom. The second kappa shape index (κ2) is 5.38. The van der Waals surface area contributed by atoms with Crippen LogP contribution in [0.2, 0.25) is 0 Å². The highest BCUT2D eigenvalue weighted by molar-refractivity contribution is 7.89. The summed E-state index contributed by atoms with van der Waals surface area (Å²) in [6.45, 7) is 1.98. The number of pyridine rings is 1. The summed E-state index contributed by atoms with van der Waals surface area (Å²) < 4.78 is 22.3. The van der Waals surface area contributed by atoms with Crippen molar-refractivity contribution >= 4 is 15.7 Å². The van der Waals surface area contributed by atoms with Gasteiger partial charge in [0.05, 0.1) is 16.6 Å². The van der Waals surface area contributed by atoms with Crippen LogP contribution in [0.4, 0.5) is 5.69 Å². The van der Waals surface area contributed by atoms with Crippen molar-refractivity contribution in [1.29, 1.82) is 0 Å². The number of anilines is 1. The van der Waals surface area contributed by atoms with Crippen molar-refractivity contribution in [2.75, 3.05) is 5.32 Å². The van der Waals surface area contributed by atoms with Crippen LogP contribution < -0.4 is 10.5 Å². The van der Waals surface area contributed by atoms with Gasteiger partial charge in [-0.2, -0.15) is 0 Å². The number of nitrogens with two attached hydrogens (primary N) is 1. The van der Waals surface area contributed by atoms with Crippen molar-refractivity contribution in [3.8, 4) is 0 Å². The molecule has 0 saturated heterocycles. The summed E-state index contributed by atoms with van der Waals surface area (Å²) in [6, 6.07) is 12.0. The van der Waals surface area contributed by atoms with Crippen LogP contribution in [0.25, 0.3) is 0 Å². The predicted molar refractivity (Wildman–Crippen MR) is 74.1 cm³/mol. The molecule has 1 aromatic carbocycles. The van der Waals surface area contributed by atoms with Gasteiger partial charge in [-0.15, -0.1) is 0 Å². The molecule has 19 heavy (non-hydrogen) atoms. The summed E-state index contributed by atoms with van der Waals surface area (Å²) in [5.41, 5.74) is 1.73. The number of sulfonamides is 1. The van der Waals surface area contributed by atoms with Gasteiger partial charge in [-0.05, 0) is 43.3 Å². The topological polar surface area (TPSA) is 85.1 Å². The lowest BCUT2D eigenvalue weighted by molar-refractivity contribution is 0.598. The quantitative estimate of drug-likeness (QED) is 0.893. The number of primary sulfonamides is 1. The van der Waals surface area contributed by atoms with Crippen LogP contribution in [0.15, 0.2) is 53.6 Å². The van der Waals surface area contributed by atoms with Crippen LogP contribution in [-0.4, -0.2) is 13.4 Å². The van der Waals surface area contributed by atoms with E-state index in [1.165, 1.54) is 12.1 Å². The van der Waals surface area contributed by atoms with Crippen molar-refractivity contribution in [3.05, 3.63) is 54.4 Å². The predicted octanol–water partition coefficient (Wildman–Crippen LogP) is 1.90. The van der Waals surface area contributed by atoms with Crippen molar-refractivity contribution in [2.24, 2.45) is 5.14 Å². The Morgan fingerprint density at radius 2 is 1.84 bits per heavy atom. The van der Waals surface area contributed by atoms with Gasteiger partial charge in [-0.1, -0.05) is 6.07 Å². The molecule has 0 aliphatic heterocycles. The highest BCUT2D eigenvalue weighted by atomic mass is 32.2. The summed E-state index contributed by atoms with van der Waals surface area (Å²) in [5.74, 6) is 0. The largest absolute Gasteiger partial charge is 0.377 e. The summed E-state index contributed by atoms with van der Waals surface area (Å²) >= 11 is 0. The third-order valence-corrected chi connectivity index (χ3v) is 3.63. The average molecular weight is 277 g/mol. The van der Waals surface area contributed by atoms with E-state index >= 15 is 0 Å². The zero-order valence-corrected chi connectivity index (χ0v) is 11.3. The van der Waals surface area contributed by atoms with Crippen LogP contribution >= 0.6 is 0 Å². The van der Waals surface area contributed by atoms with E-state index in [1.807, 2.05) is 25.1 Å². The Bertz CT molecular complexity index is 639. The van der Waals surface area contributed by atoms with E-state index in [4.69, 9.17) is 5.14 Å². The zero-order valence-electron chi connectivity index (χ0n) is 10.4. The normalized spacial score (nSPS) is 12.9. The molecule has 2 rings (SSSR count). The van der Waals surface area contributed by atoms with Crippen LogP contribution in [-0.2, 0) is 10.0 Å². The van der Waals surface area contributed by atoms with Crippen molar-refractivity contribution in [1.82, 2.24) is 4.98 Å². The molecule has 0 aliphatic rings.